The summed E-state index contributed by atoms with van der Waals surface area (Å²) in [4.78, 5) is 0. The Morgan fingerprint density at radius 2 is 1.56 bits per heavy atom. The second-order valence-corrected chi connectivity index (χ2v) is 5.47. The zero-order valence-corrected chi connectivity index (χ0v) is 13.5. The van der Waals surface area contributed by atoms with Crippen LogP contribution < -0.4 is 5.32 Å². The zero-order valence-electron chi connectivity index (χ0n) is 13.5. The second-order valence-electron chi connectivity index (χ2n) is 5.47. The predicted octanol–water partition coefficient (Wildman–Crippen LogP) is 4.71. The summed E-state index contributed by atoms with van der Waals surface area (Å²) in [6.07, 6.45) is 0. The van der Waals surface area contributed by atoms with Crippen LogP contribution in [-0.2, 0) is 6.54 Å². The first kappa shape index (κ1) is 16.3. The van der Waals surface area contributed by atoms with E-state index in [2.05, 4.69) is 17.2 Å². The van der Waals surface area contributed by atoms with Crippen LogP contribution in [-0.4, -0.2) is 0 Å². The maximum absolute atomic E-state index is 13.9. The van der Waals surface area contributed by atoms with Gasteiger partial charge in [0, 0.05) is 28.9 Å². The number of hydrogen-bond acceptors (Lipinski definition) is 2. The van der Waals surface area contributed by atoms with E-state index in [1.165, 1.54) is 6.07 Å². The summed E-state index contributed by atoms with van der Waals surface area (Å²) in [5, 5.41) is 12.0. The summed E-state index contributed by atoms with van der Waals surface area (Å²) in [6, 6.07) is 23.9. The third-order valence-electron chi connectivity index (χ3n) is 3.65. The van der Waals surface area contributed by atoms with Crippen molar-refractivity contribution in [3.63, 3.8) is 0 Å². The summed E-state index contributed by atoms with van der Waals surface area (Å²) in [5.74, 6) is 5.86. The summed E-state index contributed by atoms with van der Waals surface area (Å²) in [6.45, 7) is 0.340. The van der Waals surface area contributed by atoms with E-state index in [0.29, 0.717) is 17.7 Å². The third-order valence-corrected chi connectivity index (χ3v) is 3.65. The van der Waals surface area contributed by atoms with Gasteiger partial charge in [-0.05, 0) is 42.5 Å². The minimum Gasteiger partial charge on any atom is -0.381 e. The van der Waals surface area contributed by atoms with E-state index in [-0.39, 0.29) is 5.82 Å². The van der Waals surface area contributed by atoms with Gasteiger partial charge in [-0.25, -0.2) is 4.39 Å². The number of benzene rings is 3. The molecule has 0 heterocycles. The molecule has 0 unspecified atom stereocenters. The van der Waals surface area contributed by atoms with Gasteiger partial charge in [0.15, 0.2) is 0 Å². The molecule has 0 atom stereocenters. The van der Waals surface area contributed by atoms with Crippen LogP contribution in [0.5, 0.6) is 0 Å². The summed E-state index contributed by atoms with van der Waals surface area (Å²) in [7, 11) is 0. The molecule has 3 aromatic carbocycles. The fourth-order valence-corrected chi connectivity index (χ4v) is 2.33. The molecule has 0 aliphatic carbocycles. The molecular formula is C22H15FN2. The Balaban J connectivity index is 1.70. The molecule has 0 fully saturated rings. The van der Waals surface area contributed by atoms with Gasteiger partial charge < -0.3 is 5.32 Å². The first-order valence-electron chi connectivity index (χ1n) is 7.84. The highest BCUT2D eigenvalue weighted by atomic mass is 19.1. The highest BCUT2D eigenvalue weighted by molar-refractivity contribution is 5.52. The topological polar surface area (TPSA) is 35.8 Å². The van der Waals surface area contributed by atoms with Crippen LogP contribution in [0, 0.1) is 29.0 Å². The normalized spacial score (nSPS) is 9.60. The maximum Gasteiger partial charge on any atom is 0.129 e. The molecule has 1 N–H and O–H groups in total. The van der Waals surface area contributed by atoms with Gasteiger partial charge in [-0.2, -0.15) is 5.26 Å². The average Bonchev–Trinajstić information content (AvgIpc) is 2.66. The van der Waals surface area contributed by atoms with Crippen molar-refractivity contribution in [3.05, 3.63) is 101 Å². The number of nitrogens with one attached hydrogen (secondary N) is 1. The Bertz CT molecular complexity index is 976. The van der Waals surface area contributed by atoms with Crippen molar-refractivity contribution in [1.29, 1.82) is 5.26 Å². The molecule has 0 saturated carbocycles. The van der Waals surface area contributed by atoms with Gasteiger partial charge in [0.25, 0.3) is 0 Å². The van der Waals surface area contributed by atoms with Gasteiger partial charge in [-0.1, -0.05) is 42.2 Å². The van der Waals surface area contributed by atoms with Crippen molar-refractivity contribution in [2.75, 3.05) is 5.32 Å². The quantitative estimate of drug-likeness (QED) is 0.708. The minimum absolute atomic E-state index is 0.319. The Hall–Kier alpha value is -3.56. The lowest BCUT2D eigenvalue weighted by Crippen LogP contribution is -2.02. The molecule has 0 aromatic heterocycles. The van der Waals surface area contributed by atoms with Crippen LogP contribution in [0.25, 0.3) is 0 Å². The van der Waals surface area contributed by atoms with Gasteiger partial charge >= 0.3 is 0 Å². The van der Waals surface area contributed by atoms with E-state index in [1.54, 1.807) is 12.1 Å². The standard InChI is InChI=1S/C22H15FN2/c23-22-14-19(15-24)11-12-20(22)16-25-21-8-4-7-18(13-21)10-9-17-5-2-1-3-6-17/h1-8,11-14,25H,16H2. The predicted molar refractivity (Wildman–Crippen MR) is 97.3 cm³/mol. The lowest BCUT2D eigenvalue weighted by atomic mass is 10.1. The van der Waals surface area contributed by atoms with Gasteiger partial charge in [0.05, 0.1) is 11.6 Å². The van der Waals surface area contributed by atoms with Crippen LogP contribution >= 0.6 is 0 Å². The highest BCUT2D eigenvalue weighted by Crippen LogP contribution is 2.15. The van der Waals surface area contributed by atoms with Crippen LogP contribution in [0.4, 0.5) is 10.1 Å². The van der Waals surface area contributed by atoms with Gasteiger partial charge in [0.2, 0.25) is 0 Å². The molecule has 2 nitrogen and oxygen atoms in total. The molecule has 0 amide bonds. The number of nitriles is 1. The van der Waals surface area contributed by atoms with E-state index in [0.717, 1.165) is 16.8 Å². The van der Waals surface area contributed by atoms with Gasteiger partial charge in [0.1, 0.15) is 5.82 Å². The fourth-order valence-electron chi connectivity index (χ4n) is 2.33. The largest absolute Gasteiger partial charge is 0.381 e. The summed E-state index contributed by atoms with van der Waals surface area (Å²) >= 11 is 0. The Morgan fingerprint density at radius 1 is 0.800 bits per heavy atom. The molecule has 3 rings (SSSR count). The maximum atomic E-state index is 13.9. The minimum atomic E-state index is -0.383. The van der Waals surface area contributed by atoms with Gasteiger partial charge in [-0.3, -0.25) is 0 Å². The van der Waals surface area contributed by atoms with Crippen molar-refractivity contribution in [1.82, 2.24) is 0 Å². The Kier molecular flexibility index (Phi) is 5.10. The lowest BCUT2D eigenvalue weighted by Gasteiger charge is -2.08. The molecule has 0 aliphatic heterocycles. The molecule has 0 spiro atoms. The third kappa shape index (κ3) is 4.47. The number of rotatable bonds is 3. The van der Waals surface area contributed by atoms with Crippen LogP contribution in [0.2, 0.25) is 0 Å². The smallest absolute Gasteiger partial charge is 0.129 e. The monoisotopic (exact) mass is 326 g/mol. The molecule has 0 saturated heterocycles. The van der Waals surface area contributed by atoms with Crippen molar-refractivity contribution in [2.24, 2.45) is 0 Å². The van der Waals surface area contributed by atoms with Crippen LogP contribution in [0.15, 0.2) is 72.8 Å². The first-order chi connectivity index (χ1) is 12.2. The van der Waals surface area contributed by atoms with Crippen molar-refractivity contribution >= 4 is 5.69 Å². The molecule has 0 radical (unpaired) electrons. The number of halogens is 1. The van der Waals surface area contributed by atoms with E-state index < -0.39 is 0 Å². The van der Waals surface area contributed by atoms with E-state index in [9.17, 15) is 4.39 Å². The van der Waals surface area contributed by atoms with Crippen molar-refractivity contribution < 1.29 is 4.39 Å². The van der Waals surface area contributed by atoms with Crippen LogP contribution in [0.3, 0.4) is 0 Å². The van der Waals surface area contributed by atoms with Crippen LogP contribution in [0.1, 0.15) is 22.3 Å². The molecule has 0 bridgehead atoms. The molecule has 25 heavy (non-hydrogen) atoms. The van der Waals surface area contributed by atoms with Gasteiger partial charge in [-0.15, -0.1) is 0 Å². The molecule has 0 aliphatic rings. The molecule has 3 aromatic rings. The molecule has 3 heteroatoms. The molecule has 120 valence electrons. The first-order valence-corrected chi connectivity index (χ1v) is 7.84. The molecular weight excluding hydrogens is 311 g/mol. The number of nitrogens with zero attached hydrogens (tertiary/aromatic N) is 1. The SMILES string of the molecule is N#Cc1ccc(CNc2cccc(C#Cc3ccccc3)c2)c(F)c1. The van der Waals surface area contributed by atoms with E-state index in [4.69, 9.17) is 5.26 Å². The van der Waals surface area contributed by atoms with Crippen molar-refractivity contribution in [2.45, 2.75) is 6.54 Å². The van der Waals surface area contributed by atoms with E-state index in [1.807, 2.05) is 60.7 Å². The summed E-state index contributed by atoms with van der Waals surface area (Å²) in [5.41, 5.74) is 3.54. The van der Waals surface area contributed by atoms with E-state index >= 15 is 0 Å². The van der Waals surface area contributed by atoms with Crippen molar-refractivity contribution in [3.8, 4) is 17.9 Å². The second kappa shape index (κ2) is 7.81. The fraction of sp³-hybridized carbons (Fsp3) is 0.0455. The number of hydrogen-bond donors (Lipinski definition) is 1. The zero-order chi connectivity index (χ0) is 17.5. The summed E-state index contributed by atoms with van der Waals surface area (Å²) < 4.78 is 13.9. The average molecular weight is 326 g/mol. The lowest BCUT2D eigenvalue weighted by molar-refractivity contribution is 0.612. The highest BCUT2D eigenvalue weighted by Gasteiger charge is 2.03. The number of anilines is 1. The Morgan fingerprint density at radius 3 is 2.32 bits per heavy atom. The Labute approximate surface area is 146 Å².